The van der Waals surface area contributed by atoms with Crippen molar-refractivity contribution in [1.82, 2.24) is 4.90 Å². The third-order valence-electron chi connectivity index (χ3n) is 3.97. The summed E-state index contributed by atoms with van der Waals surface area (Å²) in [4.78, 5) is 1.72. The molecule has 2 rings (SSSR count). The number of nitrogens with two attached hydrogens (primary N) is 1. The summed E-state index contributed by atoms with van der Waals surface area (Å²) >= 11 is 0. The Balaban J connectivity index is 2.09. The predicted molar refractivity (Wildman–Crippen MR) is 75.0 cm³/mol. The van der Waals surface area contributed by atoms with E-state index in [4.69, 9.17) is 5.73 Å². The minimum absolute atomic E-state index is 0.0179. The summed E-state index contributed by atoms with van der Waals surface area (Å²) in [6, 6.07) is 4.42. The molecule has 1 aromatic rings. The van der Waals surface area contributed by atoms with Gasteiger partial charge >= 0.3 is 6.18 Å². The molecule has 1 aliphatic heterocycles. The van der Waals surface area contributed by atoms with Crippen LogP contribution in [-0.4, -0.2) is 42.3 Å². The molecule has 1 fully saturated rings. The molecule has 124 valence electrons. The number of hydrogen-bond acceptors (Lipinski definition) is 3. The highest BCUT2D eigenvalue weighted by Gasteiger charge is 2.41. The van der Waals surface area contributed by atoms with Crippen LogP contribution in [0.5, 0.6) is 0 Å². The normalized spacial score (nSPS) is 24.6. The average molecular weight is 320 g/mol. The SMILES string of the molecule is NCCC(O)CN1CCC(F)(c2cccc(C(F)(F)F)c2)C1. The lowest BCUT2D eigenvalue weighted by Crippen LogP contribution is -2.34. The molecule has 3 N–H and O–H groups in total. The van der Waals surface area contributed by atoms with Crippen LogP contribution in [0, 0.1) is 0 Å². The smallest absolute Gasteiger partial charge is 0.392 e. The van der Waals surface area contributed by atoms with E-state index in [2.05, 4.69) is 0 Å². The number of β-amino-alcohol motifs (C(OH)–C–C–N with tert-alkyl or cyclic N) is 1. The monoisotopic (exact) mass is 320 g/mol. The number of rotatable bonds is 5. The van der Waals surface area contributed by atoms with Gasteiger partial charge in [0.1, 0.15) is 5.67 Å². The molecule has 0 saturated carbocycles. The summed E-state index contributed by atoms with van der Waals surface area (Å²) in [5, 5.41) is 9.71. The largest absolute Gasteiger partial charge is 0.416 e. The Bertz CT molecular complexity index is 509. The molecule has 0 aliphatic carbocycles. The first kappa shape index (κ1) is 17.2. The van der Waals surface area contributed by atoms with Crippen molar-refractivity contribution in [1.29, 1.82) is 0 Å². The minimum atomic E-state index is -4.48. The van der Waals surface area contributed by atoms with Gasteiger partial charge < -0.3 is 10.8 Å². The molecule has 7 heteroatoms. The van der Waals surface area contributed by atoms with Crippen LogP contribution in [0.4, 0.5) is 17.6 Å². The highest BCUT2D eigenvalue weighted by molar-refractivity contribution is 5.31. The maximum atomic E-state index is 15.0. The van der Waals surface area contributed by atoms with Gasteiger partial charge in [0, 0.05) is 19.6 Å². The van der Waals surface area contributed by atoms with Crippen LogP contribution in [0.15, 0.2) is 24.3 Å². The van der Waals surface area contributed by atoms with Gasteiger partial charge in [-0.05, 0) is 37.1 Å². The van der Waals surface area contributed by atoms with Crippen LogP contribution in [0.25, 0.3) is 0 Å². The summed E-state index contributed by atoms with van der Waals surface area (Å²) in [7, 11) is 0. The molecule has 0 aromatic heterocycles. The number of nitrogens with zero attached hydrogens (tertiary/aromatic N) is 1. The second-order valence-electron chi connectivity index (χ2n) is 5.76. The number of hydrogen-bond donors (Lipinski definition) is 2. The van der Waals surface area contributed by atoms with Gasteiger partial charge in [0.25, 0.3) is 0 Å². The van der Waals surface area contributed by atoms with Gasteiger partial charge in [-0.25, -0.2) is 4.39 Å². The van der Waals surface area contributed by atoms with Gasteiger partial charge in [0.2, 0.25) is 0 Å². The van der Waals surface area contributed by atoms with Crippen LogP contribution in [-0.2, 0) is 11.8 Å². The van der Waals surface area contributed by atoms with Crippen LogP contribution < -0.4 is 5.73 Å². The van der Waals surface area contributed by atoms with E-state index in [1.807, 2.05) is 0 Å². The van der Waals surface area contributed by atoms with Gasteiger partial charge in [-0.1, -0.05) is 12.1 Å². The molecular weight excluding hydrogens is 300 g/mol. The molecule has 0 amide bonds. The van der Waals surface area contributed by atoms with E-state index < -0.39 is 23.5 Å². The van der Waals surface area contributed by atoms with E-state index in [0.29, 0.717) is 19.5 Å². The Morgan fingerprint density at radius 1 is 1.36 bits per heavy atom. The number of alkyl halides is 4. The number of aliphatic hydroxyl groups excluding tert-OH is 1. The highest BCUT2D eigenvalue weighted by Crippen LogP contribution is 2.38. The molecule has 1 saturated heterocycles. The molecule has 1 aromatic carbocycles. The number of likely N-dealkylation sites (tertiary alicyclic amines) is 1. The molecule has 0 radical (unpaired) electrons. The van der Waals surface area contributed by atoms with Crippen molar-refractivity contribution in [2.24, 2.45) is 5.73 Å². The first-order valence-electron chi connectivity index (χ1n) is 7.22. The van der Waals surface area contributed by atoms with Gasteiger partial charge in [-0.3, -0.25) is 4.90 Å². The van der Waals surface area contributed by atoms with Gasteiger partial charge in [0.15, 0.2) is 0 Å². The van der Waals surface area contributed by atoms with E-state index in [-0.39, 0.29) is 25.1 Å². The van der Waals surface area contributed by atoms with Crippen LogP contribution in [0.3, 0.4) is 0 Å². The lowest BCUT2D eigenvalue weighted by atomic mass is 9.93. The summed E-state index contributed by atoms with van der Waals surface area (Å²) in [5.74, 6) is 0. The predicted octanol–water partition coefficient (Wildman–Crippen LogP) is 2.29. The van der Waals surface area contributed by atoms with Crippen molar-refractivity contribution in [2.75, 3.05) is 26.2 Å². The van der Waals surface area contributed by atoms with Crippen molar-refractivity contribution >= 4 is 0 Å². The molecular formula is C15H20F4N2O. The third-order valence-corrected chi connectivity index (χ3v) is 3.97. The van der Waals surface area contributed by atoms with Crippen LogP contribution in [0.2, 0.25) is 0 Å². The molecule has 0 bridgehead atoms. The first-order valence-corrected chi connectivity index (χ1v) is 7.22. The second kappa shape index (κ2) is 6.52. The lowest BCUT2D eigenvalue weighted by Gasteiger charge is -2.23. The van der Waals surface area contributed by atoms with Gasteiger partial charge in [-0.2, -0.15) is 13.2 Å². The molecule has 2 atom stereocenters. The fourth-order valence-electron chi connectivity index (χ4n) is 2.80. The van der Waals surface area contributed by atoms with Crippen LogP contribution >= 0.6 is 0 Å². The zero-order valence-electron chi connectivity index (χ0n) is 12.1. The molecule has 0 spiro atoms. The number of aliphatic hydroxyl groups is 1. The fourth-order valence-corrected chi connectivity index (χ4v) is 2.80. The summed E-state index contributed by atoms with van der Waals surface area (Å²) < 4.78 is 53.2. The Labute approximate surface area is 126 Å². The van der Waals surface area contributed by atoms with E-state index in [0.717, 1.165) is 12.1 Å². The van der Waals surface area contributed by atoms with Gasteiger partial charge in [-0.15, -0.1) is 0 Å². The van der Waals surface area contributed by atoms with E-state index in [9.17, 15) is 22.7 Å². The van der Waals surface area contributed by atoms with E-state index in [1.54, 1.807) is 4.90 Å². The van der Waals surface area contributed by atoms with Crippen LogP contribution in [0.1, 0.15) is 24.0 Å². The summed E-state index contributed by atoms with van der Waals surface area (Å²) in [5.41, 5.74) is 2.73. The minimum Gasteiger partial charge on any atom is -0.392 e. The van der Waals surface area contributed by atoms with E-state index in [1.165, 1.54) is 12.1 Å². The summed E-state index contributed by atoms with van der Waals surface area (Å²) in [6.07, 6.45) is -4.60. The Morgan fingerprint density at radius 2 is 2.09 bits per heavy atom. The Hall–Kier alpha value is -1.18. The zero-order chi connectivity index (χ0) is 16.4. The molecule has 22 heavy (non-hydrogen) atoms. The summed E-state index contributed by atoms with van der Waals surface area (Å²) in [6.45, 7) is 0.996. The van der Waals surface area contributed by atoms with Crippen molar-refractivity contribution in [3.05, 3.63) is 35.4 Å². The fraction of sp³-hybridized carbons (Fsp3) is 0.600. The second-order valence-corrected chi connectivity index (χ2v) is 5.76. The average Bonchev–Trinajstić information content (AvgIpc) is 2.81. The quantitative estimate of drug-likeness (QED) is 0.819. The number of benzene rings is 1. The Kier molecular flexibility index (Phi) is 5.09. The molecule has 2 unspecified atom stereocenters. The zero-order valence-corrected chi connectivity index (χ0v) is 12.1. The van der Waals surface area contributed by atoms with Crippen molar-refractivity contribution in [3.63, 3.8) is 0 Å². The Morgan fingerprint density at radius 3 is 2.73 bits per heavy atom. The first-order chi connectivity index (χ1) is 10.2. The van der Waals surface area contributed by atoms with Gasteiger partial charge in [0.05, 0.1) is 11.7 Å². The van der Waals surface area contributed by atoms with Crippen molar-refractivity contribution in [2.45, 2.75) is 30.8 Å². The standard InChI is InChI=1S/C15H20F4N2O/c16-14(5-7-21(10-14)9-13(22)4-6-20)11-2-1-3-12(8-11)15(17,18)19/h1-3,8,13,22H,4-7,9-10,20H2. The van der Waals surface area contributed by atoms with Crippen molar-refractivity contribution < 1.29 is 22.7 Å². The van der Waals surface area contributed by atoms with Crippen molar-refractivity contribution in [3.8, 4) is 0 Å². The topological polar surface area (TPSA) is 49.5 Å². The van der Waals surface area contributed by atoms with E-state index >= 15 is 0 Å². The maximum Gasteiger partial charge on any atom is 0.416 e. The number of halogens is 4. The lowest BCUT2D eigenvalue weighted by molar-refractivity contribution is -0.137. The molecule has 3 nitrogen and oxygen atoms in total. The maximum absolute atomic E-state index is 15.0. The molecule has 1 aliphatic rings. The molecule has 1 heterocycles. The highest BCUT2D eigenvalue weighted by atomic mass is 19.4. The third kappa shape index (κ3) is 3.97.